The van der Waals surface area contributed by atoms with Crippen molar-refractivity contribution in [3.8, 4) is 11.5 Å². The van der Waals surface area contributed by atoms with E-state index in [1.54, 1.807) is 47.3 Å². The van der Waals surface area contributed by atoms with Crippen LogP contribution < -0.4 is 11.1 Å². The quantitative estimate of drug-likeness (QED) is 0.546. The van der Waals surface area contributed by atoms with Gasteiger partial charge >= 0.3 is 0 Å². The largest absolute Gasteiger partial charge is 0.457 e. The monoisotopic (exact) mass is 353 g/mol. The molecular formula is C17H15N5O4. The van der Waals surface area contributed by atoms with E-state index in [2.05, 4.69) is 15.4 Å². The predicted molar refractivity (Wildman–Crippen MR) is 92.5 cm³/mol. The molecule has 0 bridgehead atoms. The summed E-state index contributed by atoms with van der Waals surface area (Å²) in [7, 11) is 0. The van der Waals surface area contributed by atoms with Crippen LogP contribution >= 0.6 is 0 Å². The van der Waals surface area contributed by atoms with Crippen molar-refractivity contribution < 1.29 is 9.52 Å². The molecule has 0 saturated heterocycles. The zero-order valence-electron chi connectivity index (χ0n) is 13.6. The summed E-state index contributed by atoms with van der Waals surface area (Å²) < 4.78 is 8.23. The Morgan fingerprint density at radius 1 is 1.08 bits per heavy atom. The Kier molecular flexibility index (Phi) is 3.98. The molecule has 0 fully saturated rings. The summed E-state index contributed by atoms with van der Waals surface area (Å²) in [6, 6.07) is 10.1. The molecule has 0 amide bonds. The predicted octanol–water partition coefficient (Wildman–Crippen LogP) is 0.734. The number of furan rings is 1. The van der Waals surface area contributed by atoms with Crippen molar-refractivity contribution in [2.75, 3.05) is 0 Å². The summed E-state index contributed by atoms with van der Waals surface area (Å²) in [6.07, 6.45) is 1.67. The molecule has 0 spiro atoms. The molecule has 0 unspecified atom stereocenters. The third-order valence-corrected chi connectivity index (χ3v) is 4.05. The number of aliphatic hydroxyl groups is 1. The van der Waals surface area contributed by atoms with Gasteiger partial charge in [0.25, 0.3) is 11.1 Å². The van der Waals surface area contributed by atoms with Crippen LogP contribution in [0.5, 0.6) is 0 Å². The molecule has 9 nitrogen and oxygen atoms in total. The van der Waals surface area contributed by atoms with E-state index < -0.39 is 0 Å². The van der Waals surface area contributed by atoms with Crippen LogP contribution in [0.25, 0.3) is 22.2 Å². The lowest BCUT2D eigenvalue weighted by atomic mass is 10.2. The van der Waals surface area contributed by atoms with E-state index in [0.717, 1.165) is 0 Å². The first-order valence-electron chi connectivity index (χ1n) is 7.97. The van der Waals surface area contributed by atoms with Crippen molar-refractivity contribution in [1.29, 1.82) is 0 Å². The van der Waals surface area contributed by atoms with E-state index in [1.165, 1.54) is 4.68 Å². The SMILES string of the molecule is O=c1[nH]n(CCn2cc(-c3ccc(CO)o3)nn2)c(=O)c2ccccc12. The number of hydrogen-bond acceptors (Lipinski definition) is 6. The fourth-order valence-corrected chi connectivity index (χ4v) is 2.73. The lowest BCUT2D eigenvalue weighted by Crippen LogP contribution is -2.31. The lowest BCUT2D eigenvalue weighted by Gasteiger charge is -2.06. The van der Waals surface area contributed by atoms with E-state index >= 15 is 0 Å². The topological polar surface area (TPSA) is 119 Å². The van der Waals surface area contributed by atoms with E-state index in [1.807, 2.05) is 0 Å². The highest BCUT2D eigenvalue weighted by Gasteiger charge is 2.10. The van der Waals surface area contributed by atoms with Crippen LogP contribution in [0.15, 0.2) is 56.6 Å². The van der Waals surface area contributed by atoms with Gasteiger partial charge in [0.1, 0.15) is 18.1 Å². The maximum Gasteiger partial charge on any atom is 0.273 e. The van der Waals surface area contributed by atoms with Crippen LogP contribution in [0.1, 0.15) is 5.76 Å². The first kappa shape index (κ1) is 16.0. The van der Waals surface area contributed by atoms with Crippen LogP contribution in [0.3, 0.4) is 0 Å². The minimum absolute atomic E-state index is 0.188. The van der Waals surface area contributed by atoms with Gasteiger partial charge in [0.2, 0.25) is 0 Å². The Bertz CT molecular complexity index is 1180. The van der Waals surface area contributed by atoms with Crippen LogP contribution in [-0.2, 0) is 19.7 Å². The van der Waals surface area contributed by atoms with Gasteiger partial charge in [-0.1, -0.05) is 17.3 Å². The van der Waals surface area contributed by atoms with Crippen molar-refractivity contribution in [3.05, 3.63) is 69.1 Å². The van der Waals surface area contributed by atoms with E-state index in [0.29, 0.717) is 34.5 Å². The summed E-state index contributed by atoms with van der Waals surface area (Å²) in [6.45, 7) is 0.392. The van der Waals surface area contributed by atoms with E-state index in [4.69, 9.17) is 9.52 Å². The number of aliphatic hydroxyl groups excluding tert-OH is 1. The number of nitrogens with one attached hydrogen (secondary N) is 1. The van der Waals surface area contributed by atoms with Crippen molar-refractivity contribution in [2.45, 2.75) is 19.7 Å². The number of H-pyrrole nitrogens is 1. The number of aromatic nitrogens is 5. The van der Waals surface area contributed by atoms with Gasteiger partial charge < -0.3 is 9.52 Å². The minimum Gasteiger partial charge on any atom is -0.457 e. The fraction of sp³-hybridized carbons (Fsp3) is 0.176. The van der Waals surface area contributed by atoms with Crippen molar-refractivity contribution >= 4 is 10.8 Å². The number of aromatic amines is 1. The Hall–Kier alpha value is -3.46. The third kappa shape index (κ3) is 2.84. The third-order valence-electron chi connectivity index (χ3n) is 4.05. The maximum atomic E-state index is 12.5. The molecule has 2 N–H and O–H groups in total. The van der Waals surface area contributed by atoms with Crippen LogP contribution in [0, 0.1) is 0 Å². The second kappa shape index (κ2) is 6.45. The highest BCUT2D eigenvalue weighted by atomic mass is 16.4. The number of aryl methyl sites for hydroxylation is 2. The molecule has 0 atom stereocenters. The molecule has 0 aliphatic rings. The summed E-state index contributed by atoms with van der Waals surface area (Å²) in [5.74, 6) is 0.937. The highest BCUT2D eigenvalue weighted by Crippen LogP contribution is 2.19. The molecule has 0 aliphatic carbocycles. The van der Waals surface area contributed by atoms with Gasteiger partial charge in [0.05, 0.1) is 30.1 Å². The van der Waals surface area contributed by atoms with Gasteiger partial charge in [0.15, 0.2) is 5.76 Å². The fourth-order valence-electron chi connectivity index (χ4n) is 2.73. The first-order valence-corrected chi connectivity index (χ1v) is 7.97. The molecule has 0 aliphatic heterocycles. The number of hydrogen-bond donors (Lipinski definition) is 2. The minimum atomic E-state index is -0.313. The lowest BCUT2D eigenvalue weighted by molar-refractivity contribution is 0.248. The van der Waals surface area contributed by atoms with Crippen LogP contribution in [0.4, 0.5) is 0 Å². The zero-order valence-corrected chi connectivity index (χ0v) is 13.6. The van der Waals surface area contributed by atoms with Crippen LogP contribution in [-0.4, -0.2) is 29.9 Å². The number of fused-ring (bicyclic) bond motifs is 1. The molecular weight excluding hydrogens is 338 g/mol. The first-order chi connectivity index (χ1) is 12.7. The Labute approximate surface area is 146 Å². The van der Waals surface area contributed by atoms with Crippen molar-refractivity contribution in [2.24, 2.45) is 0 Å². The standard InChI is InChI=1S/C17H15N5O4/c23-10-11-5-6-15(26-11)14-9-21(20-18-14)7-8-22-17(25)13-4-2-1-3-12(13)16(24)19-22/h1-6,9,23H,7-8,10H2,(H,19,24). The average molecular weight is 353 g/mol. The molecule has 3 aromatic heterocycles. The Morgan fingerprint density at radius 3 is 2.65 bits per heavy atom. The molecule has 4 aromatic rings. The summed E-state index contributed by atoms with van der Waals surface area (Å²) in [5.41, 5.74) is -0.0604. The molecule has 132 valence electrons. The maximum absolute atomic E-state index is 12.5. The summed E-state index contributed by atoms with van der Waals surface area (Å²) in [5, 5.41) is 20.4. The highest BCUT2D eigenvalue weighted by molar-refractivity contribution is 5.80. The Balaban J connectivity index is 1.56. The zero-order chi connectivity index (χ0) is 18.1. The van der Waals surface area contributed by atoms with E-state index in [-0.39, 0.29) is 24.3 Å². The van der Waals surface area contributed by atoms with Gasteiger partial charge in [-0.15, -0.1) is 5.10 Å². The normalized spacial score (nSPS) is 11.3. The van der Waals surface area contributed by atoms with Gasteiger partial charge in [-0.25, -0.2) is 9.36 Å². The van der Waals surface area contributed by atoms with Gasteiger partial charge in [-0.3, -0.25) is 14.7 Å². The second-order valence-electron chi connectivity index (χ2n) is 5.73. The van der Waals surface area contributed by atoms with Gasteiger partial charge in [0, 0.05) is 0 Å². The summed E-state index contributed by atoms with van der Waals surface area (Å²) in [4.78, 5) is 24.6. The van der Waals surface area contributed by atoms with Crippen molar-refractivity contribution in [3.63, 3.8) is 0 Å². The van der Waals surface area contributed by atoms with E-state index in [9.17, 15) is 9.59 Å². The second-order valence-corrected chi connectivity index (χ2v) is 5.73. The van der Waals surface area contributed by atoms with Crippen molar-refractivity contribution in [1.82, 2.24) is 24.8 Å². The molecule has 26 heavy (non-hydrogen) atoms. The van der Waals surface area contributed by atoms with Gasteiger partial charge in [-0.05, 0) is 24.3 Å². The van der Waals surface area contributed by atoms with Gasteiger partial charge in [-0.2, -0.15) is 0 Å². The van der Waals surface area contributed by atoms with Crippen LogP contribution in [0.2, 0.25) is 0 Å². The molecule has 4 rings (SSSR count). The number of nitrogens with zero attached hydrogens (tertiary/aromatic N) is 4. The smallest absolute Gasteiger partial charge is 0.273 e. The number of benzene rings is 1. The molecule has 3 heterocycles. The Morgan fingerprint density at radius 2 is 1.88 bits per heavy atom. The summed E-state index contributed by atoms with van der Waals surface area (Å²) >= 11 is 0. The average Bonchev–Trinajstić information content (AvgIpc) is 3.32. The molecule has 9 heteroatoms. The molecule has 0 saturated carbocycles. The molecule has 0 radical (unpaired) electrons. The molecule has 1 aromatic carbocycles. The number of rotatable bonds is 5.